The normalized spacial score (nSPS) is 19.4. The Morgan fingerprint density at radius 1 is 1.19 bits per heavy atom. The van der Waals surface area contributed by atoms with Gasteiger partial charge in [0, 0.05) is 43.9 Å². The van der Waals surface area contributed by atoms with Crippen LogP contribution in [0.25, 0.3) is 11.3 Å². The van der Waals surface area contributed by atoms with Crippen LogP contribution in [0.4, 0.5) is 0 Å². The van der Waals surface area contributed by atoms with Gasteiger partial charge >= 0.3 is 0 Å². The summed E-state index contributed by atoms with van der Waals surface area (Å²) in [5.41, 5.74) is 4.31. The molecule has 2 aliphatic heterocycles. The van der Waals surface area contributed by atoms with E-state index in [1.54, 1.807) is 13.3 Å². The third-order valence-corrected chi connectivity index (χ3v) is 6.05. The van der Waals surface area contributed by atoms with Crippen molar-refractivity contribution in [3.8, 4) is 11.3 Å². The summed E-state index contributed by atoms with van der Waals surface area (Å²) >= 11 is 0. The lowest BCUT2D eigenvalue weighted by atomic mass is 10.1. The molecule has 0 spiro atoms. The number of aromatic nitrogens is 2. The van der Waals surface area contributed by atoms with Crippen molar-refractivity contribution in [2.24, 2.45) is 4.99 Å². The molecule has 164 valence electrons. The van der Waals surface area contributed by atoms with Crippen molar-refractivity contribution in [1.29, 1.82) is 0 Å². The maximum absolute atomic E-state index is 13.0. The molecule has 1 saturated heterocycles. The smallest absolute Gasteiger partial charge is 0.244 e. The van der Waals surface area contributed by atoms with Gasteiger partial charge in [-0.2, -0.15) is 5.10 Å². The Labute approximate surface area is 184 Å². The molecule has 7 nitrogen and oxygen atoms in total. The van der Waals surface area contributed by atoms with Gasteiger partial charge in [-0.25, -0.2) is 0 Å². The predicted molar refractivity (Wildman–Crippen MR) is 122 cm³/mol. The first-order chi connectivity index (χ1) is 15.1. The molecule has 1 unspecified atom stereocenters. The van der Waals surface area contributed by atoms with Gasteiger partial charge in [0.05, 0.1) is 19.0 Å². The third kappa shape index (κ3) is 4.88. The van der Waals surface area contributed by atoms with Gasteiger partial charge in [-0.15, -0.1) is 0 Å². The number of aryl methyl sites for hydroxylation is 2. The fourth-order valence-electron chi connectivity index (χ4n) is 4.19. The Morgan fingerprint density at radius 3 is 2.65 bits per heavy atom. The molecule has 7 heteroatoms. The van der Waals surface area contributed by atoms with Crippen molar-refractivity contribution in [3.63, 3.8) is 0 Å². The van der Waals surface area contributed by atoms with Gasteiger partial charge in [0.2, 0.25) is 5.91 Å². The van der Waals surface area contributed by atoms with E-state index in [1.807, 2.05) is 15.6 Å². The number of nitrogens with zero attached hydrogens (tertiary/aromatic N) is 5. The zero-order valence-corrected chi connectivity index (χ0v) is 18.6. The molecule has 1 fully saturated rings. The zero-order valence-electron chi connectivity index (χ0n) is 18.6. The molecular weight excluding hydrogens is 390 g/mol. The van der Waals surface area contributed by atoms with Crippen LogP contribution in [0.3, 0.4) is 0 Å². The van der Waals surface area contributed by atoms with Gasteiger partial charge in [0.15, 0.2) is 0 Å². The molecule has 1 atom stereocenters. The molecule has 2 aliphatic rings. The van der Waals surface area contributed by atoms with Crippen LogP contribution < -0.4 is 0 Å². The maximum Gasteiger partial charge on any atom is 0.244 e. The van der Waals surface area contributed by atoms with Crippen LogP contribution in [0.5, 0.6) is 0 Å². The summed E-state index contributed by atoms with van der Waals surface area (Å²) in [6.45, 7) is 7.58. The van der Waals surface area contributed by atoms with Crippen LogP contribution in [0.15, 0.2) is 47.2 Å². The Balaban J connectivity index is 1.36. The van der Waals surface area contributed by atoms with Crippen molar-refractivity contribution < 1.29 is 9.53 Å². The van der Waals surface area contributed by atoms with Crippen LogP contribution in [-0.4, -0.2) is 71.2 Å². The van der Waals surface area contributed by atoms with E-state index in [0.29, 0.717) is 0 Å². The van der Waals surface area contributed by atoms with E-state index in [0.717, 1.165) is 61.7 Å². The molecule has 0 aliphatic carbocycles. The molecule has 4 rings (SSSR count). The van der Waals surface area contributed by atoms with E-state index in [-0.39, 0.29) is 18.6 Å². The second-order valence-electron chi connectivity index (χ2n) is 8.12. The molecule has 0 radical (unpaired) electrons. The zero-order chi connectivity index (χ0) is 21.8. The van der Waals surface area contributed by atoms with Crippen LogP contribution in [-0.2, 0) is 22.5 Å². The van der Waals surface area contributed by atoms with Gasteiger partial charge < -0.3 is 9.64 Å². The number of aliphatic imine (C=N–C) groups is 1. The molecule has 0 saturated carbocycles. The first-order valence-corrected chi connectivity index (χ1v) is 11.0. The Kier molecular flexibility index (Phi) is 6.51. The molecule has 0 bridgehead atoms. The van der Waals surface area contributed by atoms with Gasteiger partial charge in [0.25, 0.3) is 0 Å². The van der Waals surface area contributed by atoms with Crippen LogP contribution in [0, 0.1) is 6.92 Å². The van der Waals surface area contributed by atoms with Gasteiger partial charge in [-0.3, -0.25) is 19.4 Å². The first kappa shape index (κ1) is 21.3. The van der Waals surface area contributed by atoms with Gasteiger partial charge in [-0.1, -0.05) is 30.7 Å². The van der Waals surface area contributed by atoms with Crippen LogP contribution in [0.1, 0.15) is 24.6 Å². The average molecular weight is 422 g/mol. The number of carbonyl (C=O) groups is 1. The standard InChI is InChI=1S/C24H31N5O2/c1-4-20-15-22(19-7-5-6-18(2)14-19)26-29(20)17-24(30)28-12-10-27(11-13-28)23-9-8-21(31-3)16-25-23/h5-8,14-16,23H,4,9-13,17H2,1-3H3. The summed E-state index contributed by atoms with van der Waals surface area (Å²) in [7, 11) is 1.66. The van der Waals surface area contributed by atoms with Crippen LogP contribution in [0.2, 0.25) is 0 Å². The largest absolute Gasteiger partial charge is 0.495 e. The summed E-state index contributed by atoms with van der Waals surface area (Å²) in [6.07, 6.45) is 5.71. The minimum absolute atomic E-state index is 0.127. The van der Waals surface area contributed by atoms with Crippen LogP contribution >= 0.6 is 0 Å². The van der Waals surface area contributed by atoms with Crippen molar-refractivity contribution in [2.75, 3.05) is 33.3 Å². The first-order valence-electron chi connectivity index (χ1n) is 11.0. The van der Waals surface area contributed by atoms with E-state index in [4.69, 9.17) is 9.84 Å². The molecule has 1 aromatic heterocycles. The summed E-state index contributed by atoms with van der Waals surface area (Å²) in [6, 6.07) is 10.4. The number of dihydropyridines is 1. The lowest BCUT2D eigenvalue weighted by Crippen LogP contribution is -2.52. The SMILES string of the molecule is CCc1cc(-c2cccc(C)c2)nn1CC(=O)N1CCN(C2CC=C(OC)C=N2)CC1. The lowest BCUT2D eigenvalue weighted by molar-refractivity contribution is -0.134. The van der Waals surface area contributed by atoms with Crippen molar-refractivity contribution in [2.45, 2.75) is 39.4 Å². The molecule has 0 N–H and O–H groups in total. The number of methoxy groups -OCH3 is 1. The molecule has 3 heterocycles. The number of benzene rings is 1. The van der Waals surface area contributed by atoms with E-state index in [9.17, 15) is 4.79 Å². The highest BCUT2D eigenvalue weighted by molar-refractivity contribution is 5.77. The number of rotatable bonds is 6. The lowest BCUT2D eigenvalue weighted by Gasteiger charge is -2.38. The fourth-order valence-corrected chi connectivity index (χ4v) is 4.19. The minimum atomic E-state index is 0.127. The number of ether oxygens (including phenoxy) is 1. The highest BCUT2D eigenvalue weighted by Crippen LogP contribution is 2.21. The molecular formula is C24H31N5O2. The fraction of sp³-hybridized carbons (Fsp3) is 0.458. The number of hydrogen-bond acceptors (Lipinski definition) is 5. The predicted octanol–water partition coefficient (Wildman–Crippen LogP) is 2.90. The second kappa shape index (κ2) is 9.47. The van der Waals surface area contributed by atoms with Crippen molar-refractivity contribution in [1.82, 2.24) is 19.6 Å². The number of piperazine rings is 1. The molecule has 31 heavy (non-hydrogen) atoms. The van der Waals surface area contributed by atoms with E-state index < -0.39 is 0 Å². The Hall–Kier alpha value is -2.93. The third-order valence-electron chi connectivity index (χ3n) is 6.05. The maximum atomic E-state index is 13.0. The monoisotopic (exact) mass is 421 g/mol. The number of amides is 1. The molecule has 1 aromatic carbocycles. The summed E-state index contributed by atoms with van der Waals surface area (Å²) in [4.78, 5) is 21.9. The van der Waals surface area contributed by atoms with Gasteiger partial charge in [0.1, 0.15) is 18.5 Å². The summed E-state index contributed by atoms with van der Waals surface area (Å²) in [5, 5.41) is 4.75. The molecule has 2 aromatic rings. The minimum Gasteiger partial charge on any atom is -0.495 e. The highest BCUT2D eigenvalue weighted by atomic mass is 16.5. The second-order valence-corrected chi connectivity index (χ2v) is 8.12. The van der Waals surface area contributed by atoms with Gasteiger partial charge in [-0.05, 0) is 31.6 Å². The number of allylic oxidation sites excluding steroid dienone is 1. The topological polar surface area (TPSA) is 63.0 Å². The average Bonchev–Trinajstić information content (AvgIpc) is 3.22. The number of hydrogen-bond donors (Lipinski definition) is 0. The summed E-state index contributed by atoms with van der Waals surface area (Å²) < 4.78 is 7.09. The Bertz CT molecular complexity index is 986. The number of carbonyl (C=O) groups excluding carboxylic acids is 1. The quantitative estimate of drug-likeness (QED) is 0.720. The van der Waals surface area contributed by atoms with Crippen molar-refractivity contribution in [3.05, 3.63) is 53.4 Å². The molecule has 1 amide bonds. The van der Waals surface area contributed by atoms with E-state index in [2.05, 4.69) is 54.1 Å². The van der Waals surface area contributed by atoms with E-state index >= 15 is 0 Å². The highest BCUT2D eigenvalue weighted by Gasteiger charge is 2.27. The van der Waals surface area contributed by atoms with Crippen molar-refractivity contribution >= 4 is 12.1 Å². The van der Waals surface area contributed by atoms with E-state index in [1.165, 1.54) is 5.56 Å². The summed E-state index contributed by atoms with van der Waals surface area (Å²) in [5.74, 6) is 0.947. The Morgan fingerprint density at radius 2 is 2.00 bits per heavy atom.